The first-order valence-corrected chi connectivity index (χ1v) is 5.81. The molecule has 0 aliphatic rings. The van der Waals surface area contributed by atoms with E-state index in [9.17, 15) is 4.79 Å². The van der Waals surface area contributed by atoms with Crippen molar-refractivity contribution in [2.45, 2.75) is 6.54 Å². The van der Waals surface area contributed by atoms with Crippen molar-refractivity contribution in [3.63, 3.8) is 0 Å². The first-order valence-electron chi connectivity index (χ1n) is 5.81. The number of hydrogen-bond acceptors (Lipinski definition) is 6. The van der Waals surface area contributed by atoms with Gasteiger partial charge in [-0.2, -0.15) is 15.1 Å². The summed E-state index contributed by atoms with van der Waals surface area (Å²) in [6, 6.07) is 9.33. The topological polar surface area (TPSA) is 114 Å². The third-order valence-electron chi connectivity index (χ3n) is 2.51. The average Bonchev–Trinajstić information content (AvgIpc) is 3.17. The lowest BCUT2D eigenvalue weighted by Crippen LogP contribution is -2.24. The zero-order valence-electron chi connectivity index (χ0n) is 10.3. The summed E-state index contributed by atoms with van der Waals surface area (Å²) >= 11 is 0. The Morgan fingerprint density at radius 1 is 1.30 bits per heavy atom. The van der Waals surface area contributed by atoms with Gasteiger partial charge < -0.3 is 5.32 Å². The van der Waals surface area contributed by atoms with Gasteiger partial charge in [-0.1, -0.05) is 23.4 Å². The normalized spacial score (nSPS) is 10.4. The maximum atomic E-state index is 11.9. The van der Waals surface area contributed by atoms with Crippen LogP contribution in [0.2, 0.25) is 0 Å². The van der Waals surface area contributed by atoms with Gasteiger partial charge >= 0.3 is 0 Å². The van der Waals surface area contributed by atoms with Crippen molar-refractivity contribution < 1.29 is 4.79 Å². The van der Waals surface area contributed by atoms with Crippen LogP contribution in [0.25, 0.3) is 5.69 Å². The molecular formula is C11H10N8O. The number of nitrogens with zero attached hydrogens (tertiary/aromatic N) is 6. The molecular weight excluding hydrogens is 260 g/mol. The smallest absolute Gasteiger partial charge is 0.273 e. The van der Waals surface area contributed by atoms with E-state index in [2.05, 4.69) is 36.1 Å². The van der Waals surface area contributed by atoms with E-state index in [1.165, 1.54) is 11.0 Å². The Kier molecular flexibility index (Phi) is 3.15. The summed E-state index contributed by atoms with van der Waals surface area (Å²) in [6.45, 7) is 0.174. The van der Waals surface area contributed by atoms with Gasteiger partial charge in [0.2, 0.25) is 0 Å². The number of benzene rings is 1. The first-order chi connectivity index (χ1) is 9.83. The van der Waals surface area contributed by atoms with Crippen LogP contribution >= 0.6 is 0 Å². The second-order valence-corrected chi connectivity index (χ2v) is 3.87. The summed E-state index contributed by atoms with van der Waals surface area (Å²) in [5.41, 5.74) is 1.00. The van der Waals surface area contributed by atoms with Crippen molar-refractivity contribution in [1.29, 1.82) is 0 Å². The van der Waals surface area contributed by atoms with Gasteiger partial charge in [-0.3, -0.25) is 4.79 Å². The second-order valence-electron chi connectivity index (χ2n) is 3.87. The third kappa shape index (κ3) is 2.51. The third-order valence-corrected chi connectivity index (χ3v) is 2.51. The predicted octanol–water partition coefficient (Wildman–Crippen LogP) is -0.290. The Hall–Kier alpha value is -3.10. The molecule has 2 heterocycles. The Labute approximate surface area is 113 Å². The number of amides is 1. The van der Waals surface area contributed by atoms with Crippen LogP contribution in [0.3, 0.4) is 0 Å². The monoisotopic (exact) mass is 270 g/mol. The molecule has 20 heavy (non-hydrogen) atoms. The van der Waals surface area contributed by atoms with Gasteiger partial charge in [-0.25, -0.2) is 0 Å². The summed E-state index contributed by atoms with van der Waals surface area (Å²) in [5.74, 6) is 0.0470. The van der Waals surface area contributed by atoms with Crippen molar-refractivity contribution in [3.8, 4) is 5.69 Å². The van der Waals surface area contributed by atoms with Crippen LogP contribution in [0.1, 0.15) is 16.3 Å². The molecule has 0 aliphatic heterocycles. The molecule has 0 saturated heterocycles. The average molecular weight is 270 g/mol. The zero-order chi connectivity index (χ0) is 13.8. The standard InChI is InChI=1S/C11H10N8O/c20-11(12-7-10-14-17-18-15-10)9-6-13-19(16-9)8-4-2-1-3-5-8/h1-6H,7H2,(H,12,20)(H,14,15,17,18). The second kappa shape index (κ2) is 5.26. The Balaban J connectivity index is 1.69. The van der Waals surface area contributed by atoms with Gasteiger partial charge in [-0.05, 0) is 12.1 Å². The molecule has 0 atom stereocenters. The zero-order valence-corrected chi connectivity index (χ0v) is 10.3. The van der Waals surface area contributed by atoms with E-state index < -0.39 is 0 Å². The SMILES string of the molecule is O=C(NCc1nn[nH]n1)c1cnn(-c2ccccc2)n1. The summed E-state index contributed by atoms with van der Waals surface area (Å²) in [5, 5.41) is 23.9. The molecule has 0 aliphatic carbocycles. The largest absolute Gasteiger partial charge is 0.343 e. The first kappa shape index (κ1) is 12.0. The highest BCUT2D eigenvalue weighted by molar-refractivity contribution is 5.91. The summed E-state index contributed by atoms with van der Waals surface area (Å²) in [7, 11) is 0. The molecule has 0 unspecified atom stereocenters. The van der Waals surface area contributed by atoms with Gasteiger partial charge in [0.1, 0.15) is 0 Å². The highest BCUT2D eigenvalue weighted by Crippen LogP contribution is 2.04. The van der Waals surface area contributed by atoms with Crippen LogP contribution in [0, 0.1) is 0 Å². The molecule has 0 fully saturated rings. The van der Waals surface area contributed by atoms with Crippen molar-refractivity contribution >= 4 is 5.91 Å². The van der Waals surface area contributed by atoms with Gasteiger partial charge in [0, 0.05) is 0 Å². The number of carbonyl (C=O) groups is 1. The van der Waals surface area contributed by atoms with Gasteiger partial charge in [0.25, 0.3) is 5.91 Å². The number of para-hydroxylation sites is 1. The lowest BCUT2D eigenvalue weighted by Gasteiger charge is -1.99. The van der Waals surface area contributed by atoms with E-state index in [1.807, 2.05) is 30.3 Å². The molecule has 1 amide bonds. The van der Waals surface area contributed by atoms with E-state index in [4.69, 9.17) is 0 Å². The summed E-state index contributed by atoms with van der Waals surface area (Å²) < 4.78 is 0. The molecule has 0 spiro atoms. The lowest BCUT2D eigenvalue weighted by molar-refractivity contribution is 0.0944. The Bertz CT molecular complexity index is 690. The highest BCUT2D eigenvalue weighted by atomic mass is 16.2. The fourth-order valence-corrected chi connectivity index (χ4v) is 1.56. The van der Waals surface area contributed by atoms with Gasteiger partial charge in [0.15, 0.2) is 11.5 Å². The molecule has 0 bridgehead atoms. The highest BCUT2D eigenvalue weighted by Gasteiger charge is 2.11. The molecule has 100 valence electrons. The van der Waals surface area contributed by atoms with E-state index in [0.29, 0.717) is 5.82 Å². The van der Waals surface area contributed by atoms with Crippen LogP contribution in [0.15, 0.2) is 36.5 Å². The van der Waals surface area contributed by atoms with Gasteiger partial charge in [-0.15, -0.1) is 15.3 Å². The number of rotatable bonds is 4. The molecule has 9 nitrogen and oxygen atoms in total. The molecule has 2 N–H and O–H groups in total. The van der Waals surface area contributed by atoms with Gasteiger partial charge in [0.05, 0.1) is 18.4 Å². The van der Waals surface area contributed by atoms with Crippen LogP contribution in [-0.2, 0) is 6.54 Å². The van der Waals surface area contributed by atoms with Crippen molar-refractivity contribution in [3.05, 3.63) is 48.0 Å². The van der Waals surface area contributed by atoms with E-state index >= 15 is 0 Å². The van der Waals surface area contributed by atoms with Crippen LogP contribution < -0.4 is 5.32 Å². The fraction of sp³-hybridized carbons (Fsp3) is 0.0909. The number of aromatic amines is 1. The van der Waals surface area contributed by atoms with Crippen LogP contribution in [0.5, 0.6) is 0 Å². The molecule has 2 aromatic heterocycles. The maximum absolute atomic E-state index is 11.9. The quantitative estimate of drug-likeness (QED) is 0.673. The van der Waals surface area contributed by atoms with Crippen molar-refractivity contribution in [2.75, 3.05) is 0 Å². The number of H-pyrrole nitrogens is 1. The minimum Gasteiger partial charge on any atom is -0.343 e. The number of nitrogens with one attached hydrogen (secondary N) is 2. The van der Waals surface area contributed by atoms with E-state index in [-0.39, 0.29) is 18.1 Å². The van der Waals surface area contributed by atoms with E-state index in [0.717, 1.165) is 5.69 Å². The number of aromatic nitrogens is 7. The predicted molar refractivity (Wildman–Crippen MR) is 66.7 cm³/mol. The summed E-state index contributed by atoms with van der Waals surface area (Å²) in [4.78, 5) is 13.3. The Morgan fingerprint density at radius 3 is 2.90 bits per heavy atom. The fourth-order valence-electron chi connectivity index (χ4n) is 1.56. The molecule has 3 aromatic rings. The molecule has 3 rings (SSSR count). The number of hydrogen-bond donors (Lipinski definition) is 2. The van der Waals surface area contributed by atoms with Crippen molar-refractivity contribution in [1.82, 2.24) is 40.9 Å². The molecule has 1 aromatic carbocycles. The lowest BCUT2D eigenvalue weighted by atomic mass is 10.3. The van der Waals surface area contributed by atoms with Crippen LogP contribution in [0.4, 0.5) is 0 Å². The Morgan fingerprint density at radius 2 is 2.15 bits per heavy atom. The van der Waals surface area contributed by atoms with Crippen LogP contribution in [-0.4, -0.2) is 41.5 Å². The number of carbonyl (C=O) groups excluding carboxylic acids is 1. The molecule has 0 saturated carbocycles. The maximum Gasteiger partial charge on any atom is 0.273 e. The van der Waals surface area contributed by atoms with E-state index in [1.54, 1.807) is 0 Å². The number of tetrazole rings is 1. The minimum absolute atomic E-state index is 0.174. The van der Waals surface area contributed by atoms with Crippen molar-refractivity contribution in [2.24, 2.45) is 0 Å². The molecule has 9 heteroatoms. The minimum atomic E-state index is -0.350. The summed E-state index contributed by atoms with van der Waals surface area (Å²) in [6.07, 6.45) is 1.40. The molecule has 0 radical (unpaired) electrons.